The summed E-state index contributed by atoms with van der Waals surface area (Å²) < 4.78 is 5.06. The summed E-state index contributed by atoms with van der Waals surface area (Å²) in [7, 11) is 1.61. The molecular weight excluding hydrogens is 272 g/mol. The first-order valence-corrected chi connectivity index (χ1v) is 7.77. The van der Waals surface area contributed by atoms with Crippen molar-refractivity contribution in [2.24, 2.45) is 11.8 Å². The molecule has 0 aromatic heterocycles. The summed E-state index contributed by atoms with van der Waals surface area (Å²) in [5.74, 6) is -0.797. The normalized spacial score (nSPS) is 17.1. The molecule has 2 unspecified atom stereocenters. The number of hydrogen-bond acceptors (Lipinski definition) is 3. The van der Waals surface area contributed by atoms with Crippen molar-refractivity contribution in [2.75, 3.05) is 26.8 Å². The van der Waals surface area contributed by atoms with Gasteiger partial charge in [-0.05, 0) is 32.1 Å². The molecule has 6 heteroatoms. The molecule has 1 aliphatic carbocycles. The van der Waals surface area contributed by atoms with Gasteiger partial charge in [-0.15, -0.1) is 0 Å². The molecule has 2 amide bonds. The number of carbonyl (C=O) groups is 2. The van der Waals surface area contributed by atoms with Gasteiger partial charge in [-0.2, -0.15) is 0 Å². The monoisotopic (exact) mass is 300 g/mol. The number of aliphatic carboxylic acids is 1. The van der Waals surface area contributed by atoms with Crippen LogP contribution in [0.25, 0.3) is 0 Å². The van der Waals surface area contributed by atoms with E-state index in [4.69, 9.17) is 9.84 Å². The molecule has 2 N–H and O–H groups in total. The molecule has 6 nitrogen and oxygen atoms in total. The lowest BCUT2D eigenvalue weighted by Gasteiger charge is -2.29. The minimum Gasteiger partial charge on any atom is -0.481 e. The fourth-order valence-electron chi connectivity index (χ4n) is 2.49. The van der Waals surface area contributed by atoms with Crippen LogP contribution in [0.3, 0.4) is 0 Å². The Morgan fingerprint density at radius 2 is 2.10 bits per heavy atom. The van der Waals surface area contributed by atoms with E-state index in [1.54, 1.807) is 12.0 Å². The van der Waals surface area contributed by atoms with Crippen LogP contribution in [0.4, 0.5) is 4.79 Å². The predicted molar refractivity (Wildman–Crippen MR) is 80.2 cm³/mol. The van der Waals surface area contributed by atoms with Crippen LogP contribution in [-0.2, 0) is 9.53 Å². The number of carboxylic acids is 1. The van der Waals surface area contributed by atoms with Gasteiger partial charge in [0, 0.05) is 26.2 Å². The second-order valence-corrected chi connectivity index (χ2v) is 5.77. The second kappa shape index (κ2) is 8.87. The minimum atomic E-state index is -0.851. The van der Waals surface area contributed by atoms with Gasteiger partial charge in [-0.3, -0.25) is 4.79 Å². The molecule has 0 radical (unpaired) electrons. The van der Waals surface area contributed by atoms with Crippen LogP contribution in [0.5, 0.6) is 0 Å². The lowest BCUT2D eigenvalue weighted by Crippen LogP contribution is -2.48. The van der Waals surface area contributed by atoms with E-state index in [0.29, 0.717) is 25.5 Å². The summed E-state index contributed by atoms with van der Waals surface area (Å²) in [5, 5.41) is 11.9. The van der Waals surface area contributed by atoms with Gasteiger partial charge >= 0.3 is 12.0 Å². The summed E-state index contributed by atoms with van der Waals surface area (Å²) in [6, 6.07) is -0.0107. The maximum absolute atomic E-state index is 12.3. The van der Waals surface area contributed by atoms with Crippen molar-refractivity contribution in [3.8, 4) is 0 Å². The first-order chi connectivity index (χ1) is 10.0. The van der Waals surface area contributed by atoms with Gasteiger partial charge in [0.15, 0.2) is 0 Å². The van der Waals surface area contributed by atoms with Gasteiger partial charge in [0.1, 0.15) is 0 Å². The summed E-state index contributed by atoms with van der Waals surface area (Å²) >= 11 is 0. The predicted octanol–water partition coefficient (Wildman–Crippen LogP) is 1.94. The third-order valence-corrected chi connectivity index (χ3v) is 4.08. The molecule has 122 valence electrons. The van der Waals surface area contributed by atoms with Crippen LogP contribution >= 0.6 is 0 Å². The highest BCUT2D eigenvalue weighted by Gasteiger charge is 2.34. The summed E-state index contributed by atoms with van der Waals surface area (Å²) in [6.45, 7) is 5.20. The van der Waals surface area contributed by atoms with Crippen LogP contribution in [0, 0.1) is 11.8 Å². The second-order valence-electron chi connectivity index (χ2n) is 5.77. The molecule has 0 saturated heterocycles. The molecule has 21 heavy (non-hydrogen) atoms. The minimum absolute atomic E-state index is 0.176. The molecule has 0 aromatic rings. The Balaban J connectivity index is 2.52. The number of amides is 2. The molecule has 2 atom stereocenters. The van der Waals surface area contributed by atoms with E-state index in [2.05, 4.69) is 5.32 Å². The average molecular weight is 300 g/mol. The van der Waals surface area contributed by atoms with Crippen LogP contribution < -0.4 is 5.32 Å². The van der Waals surface area contributed by atoms with Crippen molar-refractivity contribution in [3.63, 3.8) is 0 Å². The van der Waals surface area contributed by atoms with Gasteiger partial charge in [0.2, 0.25) is 0 Å². The summed E-state index contributed by atoms with van der Waals surface area (Å²) in [4.78, 5) is 25.2. The van der Waals surface area contributed by atoms with Gasteiger partial charge in [-0.1, -0.05) is 13.3 Å². The van der Waals surface area contributed by atoms with Crippen molar-refractivity contribution >= 4 is 12.0 Å². The number of hydrogen-bond donors (Lipinski definition) is 2. The van der Waals surface area contributed by atoms with Crippen molar-refractivity contribution in [1.82, 2.24) is 10.2 Å². The standard InChI is InChI=1S/C15H28N2O4/c1-4-5-13(14(18)19)10-16-15(20)17(8-9-21-3)11(2)12-6-7-12/h11-13H,4-10H2,1-3H3,(H,16,20)(H,18,19). The number of nitrogens with one attached hydrogen (secondary N) is 1. The van der Waals surface area contributed by atoms with E-state index < -0.39 is 11.9 Å². The Kier molecular flexibility index (Phi) is 7.50. The Bertz CT molecular complexity index is 345. The maximum atomic E-state index is 12.3. The maximum Gasteiger partial charge on any atom is 0.317 e. The number of carbonyl (C=O) groups excluding carboxylic acids is 1. The zero-order valence-electron chi connectivity index (χ0n) is 13.3. The van der Waals surface area contributed by atoms with Gasteiger partial charge in [-0.25, -0.2) is 4.79 Å². The van der Waals surface area contributed by atoms with Crippen LogP contribution in [0.2, 0.25) is 0 Å². The third kappa shape index (κ3) is 5.91. The molecule has 0 aliphatic heterocycles. The Morgan fingerprint density at radius 1 is 1.43 bits per heavy atom. The lowest BCUT2D eigenvalue weighted by molar-refractivity contribution is -0.141. The number of methoxy groups -OCH3 is 1. The fourth-order valence-corrected chi connectivity index (χ4v) is 2.49. The SMILES string of the molecule is CCCC(CNC(=O)N(CCOC)C(C)C1CC1)C(=O)O. The van der Waals surface area contributed by atoms with Crippen molar-refractivity contribution in [2.45, 2.75) is 45.6 Å². The van der Waals surface area contributed by atoms with Crippen LogP contribution in [0.15, 0.2) is 0 Å². The smallest absolute Gasteiger partial charge is 0.317 e. The number of rotatable bonds is 10. The van der Waals surface area contributed by atoms with Crippen LogP contribution in [-0.4, -0.2) is 54.9 Å². The zero-order valence-corrected chi connectivity index (χ0v) is 13.3. The highest BCUT2D eigenvalue weighted by Crippen LogP contribution is 2.35. The average Bonchev–Trinajstić information content (AvgIpc) is 3.27. The molecule has 1 aliphatic rings. The molecule has 1 saturated carbocycles. The highest BCUT2D eigenvalue weighted by molar-refractivity contribution is 5.76. The van der Waals surface area contributed by atoms with E-state index in [9.17, 15) is 9.59 Å². The third-order valence-electron chi connectivity index (χ3n) is 4.08. The van der Waals surface area contributed by atoms with E-state index in [-0.39, 0.29) is 18.6 Å². The number of nitrogens with zero attached hydrogens (tertiary/aromatic N) is 1. The van der Waals surface area contributed by atoms with Gasteiger partial charge in [0.25, 0.3) is 0 Å². The number of urea groups is 1. The highest BCUT2D eigenvalue weighted by atomic mass is 16.5. The fraction of sp³-hybridized carbons (Fsp3) is 0.867. The summed E-state index contributed by atoms with van der Waals surface area (Å²) in [6.07, 6.45) is 3.68. The quantitative estimate of drug-likeness (QED) is 0.646. The molecule has 1 fully saturated rings. The van der Waals surface area contributed by atoms with Gasteiger partial charge in [0.05, 0.1) is 12.5 Å². The number of ether oxygens (including phenoxy) is 1. The Hall–Kier alpha value is -1.30. The molecule has 0 spiro atoms. The largest absolute Gasteiger partial charge is 0.481 e. The van der Waals surface area contributed by atoms with Crippen molar-refractivity contribution in [3.05, 3.63) is 0 Å². The molecule has 0 bridgehead atoms. The molecule has 1 rings (SSSR count). The summed E-state index contributed by atoms with van der Waals surface area (Å²) in [5.41, 5.74) is 0. The van der Waals surface area contributed by atoms with E-state index in [1.807, 2.05) is 13.8 Å². The number of carboxylic acid groups (broad SMARTS) is 1. The lowest BCUT2D eigenvalue weighted by atomic mass is 10.0. The first-order valence-electron chi connectivity index (χ1n) is 7.77. The van der Waals surface area contributed by atoms with E-state index >= 15 is 0 Å². The van der Waals surface area contributed by atoms with Crippen molar-refractivity contribution < 1.29 is 19.4 Å². The molecule has 0 heterocycles. The topological polar surface area (TPSA) is 78.9 Å². The Labute approximate surface area is 126 Å². The van der Waals surface area contributed by atoms with E-state index in [0.717, 1.165) is 19.3 Å². The molecular formula is C15H28N2O4. The van der Waals surface area contributed by atoms with Crippen LogP contribution in [0.1, 0.15) is 39.5 Å². The van der Waals surface area contributed by atoms with Crippen molar-refractivity contribution in [1.29, 1.82) is 0 Å². The first kappa shape index (κ1) is 17.8. The Morgan fingerprint density at radius 3 is 2.57 bits per heavy atom. The molecule has 0 aromatic carbocycles. The van der Waals surface area contributed by atoms with Gasteiger partial charge < -0.3 is 20.1 Å². The zero-order chi connectivity index (χ0) is 15.8. The van der Waals surface area contributed by atoms with E-state index in [1.165, 1.54) is 0 Å².